The molecule has 6 heteroatoms. The van der Waals surface area contributed by atoms with Crippen molar-refractivity contribution in [2.75, 3.05) is 13.2 Å². The first-order valence-electron chi connectivity index (χ1n) is 6.63. The number of hydrogen-bond donors (Lipinski definition) is 0. The molecule has 0 amide bonds. The average Bonchev–Trinajstić information content (AvgIpc) is 2.45. The van der Waals surface area contributed by atoms with E-state index in [0.29, 0.717) is 13.2 Å². The quantitative estimate of drug-likeness (QED) is 0.526. The van der Waals surface area contributed by atoms with Gasteiger partial charge >= 0.3 is 7.82 Å². The van der Waals surface area contributed by atoms with Crippen LogP contribution in [-0.2, 0) is 18.1 Å². The molecular weight excluding hydrogens is 265 g/mol. The Balaban J connectivity index is 2.61. The number of phosphoric ester groups is 1. The van der Waals surface area contributed by atoms with Crippen molar-refractivity contribution in [2.45, 2.75) is 45.6 Å². The summed E-state index contributed by atoms with van der Waals surface area (Å²) >= 11 is 0. The predicted molar refractivity (Wildman–Crippen MR) is 72.4 cm³/mol. The number of nitriles is 1. The minimum Gasteiger partial charge on any atom is -0.286 e. The summed E-state index contributed by atoms with van der Waals surface area (Å²) in [6.07, 6.45) is 4.35. The highest BCUT2D eigenvalue weighted by molar-refractivity contribution is 7.48. The number of hydrogen-bond acceptors (Lipinski definition) is 5. The molecule has 0 aromatic rings. The van der Waals surface area contributed by atoms with E-state index in [1.165, 1.54) is 6.08 Å². The van der Waals surface area contributed by atoms with E-state index in [4.69, 9.17) is 18.8 Å². The van der Waals surface area contributed by atoms with E-state index >= 15 is 0 Å². The van der Waals surface area contributed by atoms with Gasteiger partial charge in [-0.25, -0.2) is 4.57 Å². The van der Waals surface area contributed by atoms with Crippen LogP contribution in [-0.4, -0.2) is 19.3 Å². The number of unbranched alkanes of at least 4 members (excludes halogenated alkanes) is 1. The van der Waals surface area contributed by atoms with Crippen LogP contribution < -0.4 is 0 Å². The Labute approximate surface area is 115 Å². The molecule has 19 heavy (non-hydrogen) atoms. The summed E-state index contributed by atoms with van der Waals surface area (Å²) in [6, 6.07) is 1.82. The first kappa shape index (κ1) is 16.4. The molecule has 0 bridgehead atoms. The average molecular weight is 287 g/mol. The van der Waals surface area contributed by atoms with Crippen LogP contribution in [0.2, 0.25) is 0 Å². The monoisotopic (exact) mass is 287 g/mol. The van der Waals surface area contributed by atoms with E-state index in [1.807, 2.05) is 6.07 Å². The Hall–Kier alpha value is -0.660. The standard InChI is InChI=1S/C13H22NO4P/c1-4-7-8-13(6-3)10-16-19(15,17-11-13)18-12(5-2)9-14/h5,12H,2,4,6-8,10-11H2,1,3H3/t12-,13?,19?/m1/s1. The van der Waals surface area contributed by atoms with E-state index in [0.717, 1.165) is 25.7 Å². The second kappa shape index (κ2) is 7.21. The Morgan fingerprint density at radius 1 is 1.53 bits per heavy atom. The fraction of sp³-hybridized carbons (Fsp3) is 0.769. The zero-order chi connectivity index (χ0) is 14.4. The van der Waals surface area contributed by atoms with E-state index in [2.05, 4.69) is 20.4 Å². The van der Waals surface area contributed by atoms with Crippen molar-refractivity contribution in [1.82, 2.24) is 0 Å². The molecule has 0 aliphatic carbocycles. The van der Waals surface area contributed by atoms with Gasteiger partial charge in [-0.15, -0.1) is 0 Å². The lowest BCUT2D eigenvalue weighted by atomic mass is 9.82. The van der Waals surface area contributed by atoms with Crippen LogP contribution in [0.15, 0.2) is 12.7 Å². The zero-order valence-corrected chi connectivity index (χ0v) is 12.5. The van der Waals surface area contributed by atoms with Gasteiger partial charge in [0.15, 0.2) is 6.10 Å². The highest BCUT2D eigenvalue weighted by Gasteiger charge is 2.43. The summed E-state index contributed by atoms with van der Waals surface area (Å²) < 4.78 is 27.9. The number of rotatable bonds is 7. The Morgan fingerprint density at radius 2 is 2.16 bits per heavy atom. The third-order valence-electron chi connectivity index (χ3n) is 3.45. The summed E-state index contributed by atoms with van der Waals surface area (Å²) in [4.78, 5) is 0. The van der Waals surface area contributed by atoms with Crippen molar-refractivity contribution in [1.29, 1.82) is 5.26 Å². The third-order valence-corrected chi connectivity index (χ3v) is 4.83. The van der Waals surface area contributed by atoms with Crippen molar-refractivity contribution in [3.05, 3.63) is 12.7 Å². The van der Waals surface area contributed by atoms with E-state index in [9.17, 15) is 4.57 Å². The lowest BCUT2D eigenvalue weighted by molar-refractivity contribution is -0.0262. The van der Waals surface area contributed by atoms with Crippen LogP contribution >= 0.6 is 7.82 Å². The van der Waals surface area contributed by atoms with Crippen LogP contribution in [0.25, 0.3) is 0 Å². The minimum atomic E-state index is -3.62. The van der Waals surface area contributed by atoms with E-state index in [1.54, 1.807) is 0 Å². The van der Waals surface area contributed by atoms with Crippen LogP contribution in [0.5, 0.6) is 0 Å². The molecule has 1 atom stereocenters. The van der Waals surface area contributed by atoms with Crippen molar-refractivity contribution in [3.8, 4) is 6.07 Å². The Morgan fingerprint density at radius 3 is 2.58 bits per heavy atom. The van der Waals surface area contributed by atoms with E-state index in [-0.39, 0.29) is 5.41 Å². The van der Waals surface area contributed by atoms with Crippen LogP contribution in [0.1, 0.15) is 39.5 Å². The smallest absolute Gasteiger partial charge is 0.286 e. The van der Waals surface area contributed by atoms with Crippen molar-refractivity contribution in [3.63, 3.8) is 0 Å². The maximum atomic E-state index is 12.2. The topological polar surface area (TPSA) is 68.5 Å². The lowest BCUT2D eigenvalue weighted by Crippen LogP contribution is -2.35. The second-order valence-electron chi connectivity index (χ2n) is 4.84. The summed E-state index contributed by atoms with van der Waals surface area (Å²) in [5, 5.41) is 8.76. The molecule has 1 rings (SSSR count). The highest BCUT2D eigenvalue weighted by Crippen LogP contribution is 2.57. The molecular formula is C13H22NO4P. The van der Waals surface area contributed by atoms with Gasteiger partial charge in [0.05, 0.1) is 19.3 Å². The molecule has 5 nitrogen and oxygen atoms in total. The van der Waals surface area contributed by atoms with Crippen molar-refractivity contribution < 1.29 is 18.1 Å². The molecule has 1 heterocycles. The summed E-state index contributed by atoms with van der Waals surface area (Å²) in [5.41, 5.74) is -0.0937. The van der Waals surface area contributed by atoms with Crippen LogP contribution in [0.4, 0.5) is 0 Å². The largest absolute Gasteiger partial charge is 0.476 e. The molecule has 0 spiro atoms. The summed E-state index contributed by atoms with van der Waals surface area (Å²) in [5.74, 6) is 0. The molecule has 0 saturated carbocycles. The first-order valence-corrected chi connectivity index (χ1v) is 8.09. The van der Waals surface area contributed by atoms with Gasteiger partial charge in [-0.3, -0.25) is 13.6 Å². The molecule has 0 aromatic carbocycles. The minimum absolute atomic E-state index is 0.0937. The summed E-state index contributed by atoms with van der Waals surface area (Å²) in [7, 11) is -3.62. The third kappa shape index (κ3) is 4.43. The van der Waals surface area contributed by atoms with Gasteiger partial charge < -0.3 is 0 Å². The van der Waals surface area contributed by atoms with Gasteiger partial charge in [0, 0.05) is 5.41 Å². The second-order valence-corrected chi connectivity index (χ2v) is 6.46. The number of nitrogens with zero attached hydrogens (tertiary/aromatic N) is 1. The molecule has 108 valence electrons. The van der Waals surface area contributed by atoms with Crippen LogP contribution in [0.3, 0.4) is 0 Å². The normalized spacial score (nSPS) is 32.5. The van der Waals surface area contributed by atoms with Gasteiger partial charge in [0.2, 0.25) is 0 Å². The van der Waals surface area contributed by atoms with Crippen LogP contribution in [0, 0.1) is 16.7 Å². The van der Waals surface area contributed by atoms with Gasteiger partial charge in [-0.05, 0) is 18.9 Å². The molecule has 1 saturated heterocycles. The predicted octanol–water partition coefficient (Wildman–Crippen LogP) is 3.82. The maximum Gasteiger partial charge on any atom is 0.476 e. The first-order chi connectivity index (χ1) is 9.03. The van der Waals surface area contributed by atoms with Gasteiger partial charge in [0.1, 0.15) is 0 Å². The van der Waals surface area contributed by atoms with Crippen molar-refractivity contribution in [2.24, 2.45) is 5.41 Å². The SMILES string of the molecule is C=C[C@H](C#N)OP1(=O)OCC(CC)(CCCC)CO1. The molecule has 1 aliphatic rings. The lowest BCUT2D eigenvalue weighted by Gasteiger charge is -2.38. The molecule has 0 unspecified atom stereocenters. The van der Waals surface area contributed by atoms with Gasteiger partial charge in [-0.2, -0.15) is 5.26 Å². The van der Waals surface area contributed by atoms with Gasteiger partial charge in [-0.1, -0.05) is 33.3 Å². The Bertz CT molecular complexity index is 379. The Kier molecular flexibility index (Phi) is 6.22. The van der Waals surface area contributed by atoms with E-state index < -0.39 is 13.9 Å². The zero-order valence-electron chi connectivity index (χ0n) is 11.6. The molecule has 0 radical (unpaired) electrons. The highest BCUT2D eigenvalue weighted by atomic mass is 31.2. The van der Waals surface area contributed by atoms with Crippen molar-refractivity contribution >= 4 is 7.82 Å². The fourth-order valence-electron chi connectivity index (χ4n) is 1.91. The van der Waals surface area contributed by atoms with Gasteiger partial charge in [0.25, 0.3) is 0 Å². The summed E-state index contributed by atoms with van der Waals surface area (Å²) in [6.45, 7) is 8.32. The molecule has 0 aromatic heterocycles. The molecule has 1 aliphatic heterocycles. The molecule has 1 fully saturated rings. The molecule has 0 N–H and O–H groups in total. The fourth-order valence-corrected chi connectivity index (χ4v) is 3.38. The number of phosphoric acid groups is 1. The maximum absolute atomic E-state index is 12.2.